The van der Waals surface area contributed by atoms with Crippen LogP contribution in [0.3, 0.4) is 0 Å². The van der Waals surface area contributed by atoms with E-state index in [0.717, 1.165) is 23.7 Å². The lowest BCUT2D eigenvalue weighted by Gasteiger charge is -2.45. The largest absolute Gasteiger partial charge is 0.339 e. The maximum absolute atomic E-state index is 6.41. The molecule has 150 valence electrons. The highest BCUT2D eigenvalue weighted by molar-refractivity contribution is 6.20. The van der Waals surface area contributed by atoms with Crippen LogP contribution in [0.15, 0.2) is 4.52 Å². The molecule has 4 aliphatic rings. The smallest absolute Gasteiger partial charge is 0.231 e. The lowest BCUT2D eigenvalue weighted by atomic mass is 9.68. The number of halogens is 1. The van der Waals surface area contributed by atoms with Gasteiger partial charge < -0.3 is 4.52 Å². The van der Waals surface area contributed by atoms with Crippen LogP contribution in [0, 0.1) is 11.8 Å². The third-order valence-electron chi connectivity index (χ3n) is 8.33. The van der Waals surface area contributed by atoms with Gasteiger partial charge in [-0.1, -0.05) is 24.4 Å². The van der Waals surface area contributed by atoms with E-state index in [0.29, 0.717) is 29.2 Å². The van der Waals surface area contributed by atoms with Crippen LogP contribution >= 0.6 is 11.6 Å². The van der Waals surface area contributed by atoms with E-state index in [-0.39, 0.29) is 0 Å². The number of fused-ring (bicyclic) bond motifs is 2. The van der Waals surface area contributed by atoms with Gasteiger partial charge in [-0.15, -0.1) is 11.6 Å². The fourth-order valence-electron chi connectivity index (χ4n) is 6.75. The van der Waals surface area contributed by atoms with E-state index >= 15 is 0 Å². The van der Waals surface area contributed by atoms with Crippen LogP contribution in [-0.4, -0.2) is 39.5 Å². The van der Waals surface area contributed by atoms with Gasteiger partial charge in [0.1, 0.15) is 0 Å². The Balaban J connectivity index is 1.41. The molecule has 3 unspecified atom stereocenters. The predicted octanol–water partition coefficient (Wildman–Crippen LogP) is 5.48. The zero-order valence-corrected chi connectivity index (χ0v) is 17.4. The second kappa shape index (κ2) is 7.67. The predicted molar refractivity (Wildman–Crippen MR) is 107 cm³/mol. The highest BCUT2D eigenvalue weighted by Crippen LogP contribution is 2.51. The molecule has 0 radical (unpaired) electrons. The van der Waals surface area contributed by atoms with Gasteiger partial charge in [0.2, 0.25) is 5.89 Å². The summed E-state index contributed by atoms with van der Waals surface area (Å²) in [5.74, 6) is 4.38. The number of rotatable bonds is 3. The summed E-state index contributed by atoms with van der Waals surface area (Å²) >= 11 is 6.41. The van der Waals surface area contributed by atoms with Gasteiger partial charge in [0.25, 0.3) is 0 Å². The summed E-state index contributed by atoms with van der Waals surface area (Å²) in [6, 6.07) is 1.34. The maximum Gasteiger partial charge on any atom is 0.231 e. The molecule has 3 heterocycles. The Kier molecular flexibility index (Phi) is 5.23. The van der Waals surface area contributed by atoms with Gasteiger partial charge >= 0.3 is 0 Å². The highest BCUT2D eigenvalue weighted by atomic mass is 35.5. The van der Waals surface area contributed by atoms with Crippen molar-refractivity contribution in [1.82, 2.24) is 15.0 Å². The number of nitrogens with zero attached hydrogens (tertiary/aromatic N) is 3. The van der Waals surface area contributed by atoms with Crippen LogP contribution in [0.2, 0.25) is 0 Å². The molecule has 1 aromatic rings. The Hall–Kier alpha value is -0.610. The quantitative estimate of drug-likeness (QED) is 0.639. The molecule has 27 heavy (non-hydrogen) atoms. The van der Waals surface area contributed by atoms with E-state index in [9.17, 15) is 0 Å². The van der Waals surface area contributed by atoms with E-state index in [1.165, 1.54) is 77.0 Å². The van der Waals surface area contributed by atoms with Gasteiger partial charge in [-0.3, -0.25) is 4.90 Å². The number of alkyl halides is 1. The van der Waals surface area contributed by atoms with Crippen LogP contribution in [0.25, 0.3) is 0 Å². The second-order valence-corrected chi connectivity index (χ2v) is 10.3. The fraction of sp³-hybridized carbons (Fsp3) is 0.909. The minimum absolute atomic E-state index is 0.393. The third-order valence-corrected chi connectivity index (χ3v) is 8.77. The summed E-state index contributed by atoms with van der Waals surface area (Å²) in [5.41, 5.74) is 0. The molecule has 0 N–H and O–H groups in total. The zero-order chi connectivity index (χ0) is 18.4. The SMILES string of the molecule is CN1C2CCC1C(c1nc(C3CCCCC3)no1)[C@@H](C1CCC(Cl)CC1)C2. The first-order valence-corrected chi connectivity index (χ1v) is 11.8. The van der Waals surface area contributed by atoms with Gasteiger partial charge in [0.05, 0.1) is 5.92 Å². The van der Waals surface area contributed by atoms with Crippen molar-refractivity contribution in [2.75, 3.05) is 7.05 Å². The van der Waals surface area contributed by atoms with Gasteiger partial charge in [0.15, 0.2) is 5.82 Å². The standard InChI is InChI=1S/C22H34ClN3O/c1-26-17-11-12-19(26)20(18(13-17)14-7-9-16(23)10-8-14)22-24-21(25-27-22)15-5-3-2-4-6-15/h14-20H,2-13H2,1H3/t14?,16?,17?,18-,19?,20?/m1/s1. The molecule has 5 rings (SSSR count). The van der Waals surface area contributed by atoms with Gasteiger partial charge in [-0.25, -0.2) is 0 Å². The van der Waals surface area contributed by atoms with Gasteiger partial charge in [-0.2, -0.15) is 4.98 Å². The summed E-state index contributed by atoms with van der Waals surface area (Å²) in [6.07, 6.45) is 15.3. The van der Waals surface area contributed by atoms with Crippen LogP contribution in [0.5, 0.6) is 0 Å². The molecule has 2 aliphatic carbocycles. The number of likely N-dealkylation sites (N-methyl/N-ethyl adjacent to an activating group) is 1. The van der Waals surface area contributed by atoms with E-state index < -0.39 is 0 Å². The zero-order valence-electron chi connectivity index (χ0n) is 16.7. The number of hydrogen-bond donors (Lipinski definition) is 0. The molecule has 2 aliphatic heterocycles. The average molecular weight is 392 g/mol. The molecule has 2 bridgehead atoms. The molecule has 0 aromatic carbocycles. The van der Waals surface area contributed by atoms with Crippen molar-refractivity contribution in [3.05, 3.63) is 11.7 Å². The van der Waals surface area contributed by atoms with Crippen molar-refractivity contribution in [2.24, 2.45) is 11.8 Å². The summed E-state index contributed by atoms with van der Waals surface area (Å²) in [6.45, 7) is 0. The Morgan fingerprint density at radius 1 is 0.963 bits per heavy atom. The molecule has 4 atom stereocenters. The van der Waals surface area contributed by atoms with Crippen molar-refractivity contribution < 1.29 is 4.52 Å². The lowest BCUT2D eigenvalue weighted by Crippen LogP contribution is -2.47. The van der Waals surface area contributed by atoms with Crippen LogP contribution in [-0.2, 0) is 0 Å². The lowest BCUT2D eigenvalue weighted by molar-refractivity contribution is 0.0497. The van der Waals surface area contributed by atoms with Crippen molar-refractivity contribution in [3.8, 4) is 0 Å². The molecule has 2 saturated heterocycles. The minimum atomic E-state index is 0.393. The topological polar surface area (TPSA) is 42.2 Å². The molecular formula is C22H34ClN3O. The normalized spacial score (nSPS) is 41.1. The van der Waals surface area contributed by atoms with Crippen molar-refractivity contribution >= 4 is 11.6 Å². The number of piperidine rings is 1. The molecule has 2 saturated carbocycles. The van der Waals surface area contributed by atoms with Crippen molar-refractivity contribution in [3.63, 3.8) is 0 Å². The van der Waals surface area contributed by atoms with Crippen molar-refractivity contribution in [1.29, 1.82) is 0 Å². The summed E-state index contributed by atoms with van der Waals surface area (Å²) in [7, 11) is 2.32. The fourth-order valence-corrected chi connectivity index (χ4v) is 7.01. The Bertz CT molecular complexity index is 635. The minimum Gasteiger partial charge on any atom is -0.339 e. The summed E-state index contributed by atoms with van der Waals surface area (Å²) < 4.78 is 5.98. The van der Waals surface area contributed by atoms with E-state index in [1.54, 1.807) is 0 Å². The van der Waals surface area contributed by atoms with E-state index in [1.807, 2.05) is 0 Å². The number of hydrogen-bond acceptors (Lipinski definition) is 4. The first-order valence-electron chi connectivity index (χ1n) is 11.4. The summed E-state index contributed by atoms with van der Waals surface area (Å²) in [4.78, 5) is 7.66. The number of aromatic nitrogens is 2. The molecule has 4 fully saturated rings. The molecule has 0 amide bonds. The Morgan fingerprint density at radius 3 is 2.52 bits per heavy atom. The molecule has 0 spiro atoms. The maximum atomic E-state index is 6.41. The van der Waals surface area contributed by atoms with Crippen LogP contribution < -0.4 is 0 Å². The first kappa shape index (κ1) is 18.4. The summed E-state index contributed by atoms with van der Waals surface area (Å²) in [5, 5.41) is 4.88. The Labute approximate surface area is 168 Å². The van der Waals surface area contributed by atoms with Crippen LogP contribution in [0.1, 0.15) is 101 Å². The van der Waals surface area contributed by atoms with E-state index in [2.05, 4.69) is 17.1 Å². The van der Waals surface area contributed by atoms with Crippen molar-refractivity contribution in [2.45, 2.75) is 106 Å². The van der Waals surface area contributed by atoms with Crippen LogP contribution in [0.4, 0.5) is 0 Å². The molecule has 5 heteroatoms. The molecule has 1 aromatic heterocycles. The third kappa shape index (κ3) is 3.46. The molecular weight excluding hydrogens is 358 g/mol. The van der Waals surface area contributed by atoms with Gasteiger partial charge in [0, 0.05) is 23.4 Å². The van der Waals surface area contributed by atoms with Gasteiger partial charge in [-0.05, 0) is 76.7 Å². The first-order chi connectivity index (χ1) is 13.2. The second-order valence-electron chi connectivity index (χ2n) is 9.73. The molecule has 4 nitrogen and oxygen atoms in total. The monoisotopic (exact) mass is 391 g/mol. The Morgan fingerprint density at radius 2 is 1.74 bits per heavy atom. The average Bonchev–Trinajstić information content (AvgIpc) is 3.26. The highest BCUT2D eigenvalue weighted by Gasteiger charge is 2.50. The van der Waals surface area contributed by atoms with E-state index in [4.69, 9.17) is 21.1 Å².